The summed E-state index contributed by atoms with van der Waals surface area (Å²) in [6.07, 6.45) is 1.27. The lowest BCUT2D eigenvalue weighted by molar-refractivity contribution is -0.123. The van der Waals surface area contributed by atoms with Gasteiger partial charge in [-0.05, 0) is 36.2 Å². The highest BCUT2D eigenvalue weighted by Gasteiger charge is 2.25. The van der Waals surface area contributed by atoms with E-state index >= 15 is 0 Å². The molecule has 0 saturated carbocycles. The molecule has 0 fully saturated rings. The summed E-state index contributed by atoms with van der Waals surface area (Å²) in [5.74, 6) is -1.13. The average Bonchev–Trinajstić information content (AvgIpc) is 2.67. The molecule has 0 radical (unpaired) electrons. The van der Waals surface area contributed by atoms with Crippen LogP contribution in [0.4, 0.5) is 0 Å². The quantitative estimate of drug-likeness (QED) is 0.375. The first-order valence-electron chi connectivity index (χ1n) is 8.79. The van der Waals surface area contributed by atoms with Gasteiger partial charge in [0.25, 0.3) is 11.8 Å². The molecule has 0 aliphatic heterocycles. The fraction of sp³-hybridized carbons (Fsp3) is 0.250. The van der Waals surface area contributed by atoms with Crippen molar-refractivity contribution in [2.75, 3.05) is 7.11 Å². The number of benzene rings is 2. The number of rotatable bonds is 7. The number of methoxy groups -OCH3 is 1. The number of amides is 2. The van der Waals surface area contributed by atoms with E-state index in [1.54, 1.807) is 26.0 Å². The fourth-order valence-electron chi connectivity index (χ4n) is 2.51. The number of hydrogen-bond donors (Lipinski definition) is 3. The van der Waals surface area contributed by atoms with E-state index in [9.17, 15) is 14.7 Å². The highest BCUT2D eigenvalue weighted by molar-refractivity contribution is 9.10. The van der Waals surface area contributed by atoms with E-state index in [0.717, 1.165) is 0 Å². The molecule has 1 unspecified atom stereocenters. The minimum absolute atomic E-state index is 0.121. The third-order valence-electron chi connectivity index (χ3n) is 4.08. The summed E-state index contributed by atoms with van der Waals surface area (Å²) in [7, 11) is 1.42. The monoisotopic (exact) mass is 515 g/mol. The first-order chi connectivity index (χ1) is 14.1. The molecular formula is C20H20BrCl2N3O4. The van der Waals surface area contributed by atoms with Gasteiger partial charge in [0.1, 0.15) is 6.04 Å². The van der Waals surface area contributed by atoms with Gasteiger partial charge in [0.05, 0.1) is 23.9 Å². The molecule has 0 heterocycles. The van der Waals surface area contributed by atoms with Gasteiger partial charge in [-0.1, -0.05) is 53.0 Å². The second-order valence-corrected chi connectivity index (χ2v) is 8.36. The van der Waals surface area contributed by atoms with Crippen molar-refractivity contribution >= 4 is 57.2 Å². The van der Waals surface area contributed by atoms with E-state index in [0.29, 0.717) is 15.1 Å². The number of nitrogens with one attached hydrogen (secondary N) is 2. The number of nitrogens with zero attached hydrogens (tertiary/aromatic N) is 1. The van der Waals surface area contributed by atoms with Crippen LogP contribution in [0, 0.1) is 5.92 Å². The first kappa shape index (κ1) is 24.0. The number of hydrogen-bond acceptors (Lipinski definition) is 5. The minimum atomic E-state index is -0.868. The molecule has 0 bridgehead atoms. The van der Waals surface area contributed by atoms with Crippen LogP contribution in [0.15, 0.2) is 39.9 Å². The lowest BCUT2D eigenvalue weighted by Gasteiger charge is -2.20. The maximum Gasteiger partial charge on any atom is 0.262 e. The van der Waals surface area contributed by atoms with Crippen LogP contribution in [0.1, 0.15) is 29.8 Å². The normalized spacial score (nSPS) is 12.1. The van der Waals surface area contributed by atoms with E-state index in [-0.39, 0.29) is 28.0 Å². The predicted octanol–water partition coefficient (Wildman–Crippen LogP) is 4.37. The molecule has 160 valence electrons. The first-order valence-corrected chi connectivity index (χ1v) is 10.3. The molecule has 0 spiro atoms. The lowest BCUT2D eigenvalue weighted by Crippen LogP contribution is -2.48. The van der Waals surface area contributed by atoms with Crippen LogP contribution in [-0.4, -0.2) is 36.3 Å². The maximum atomic E-state index is 12.6. The van der Waals surface area contributed by atoms with E-state index in [2.05, 4.69) is 31.8 Å². The van der Waals surface area contributed by atoms with Crippen LogP contribution in [-0.2, 0) is 4.79 Å². The Morgan fingerprint density at radius 1 is 1.23 bits per heavy atom. The van der Waals surface area contributed by atoms with Gasteiger partial charge in [0.15, 0.2) is 11.5 Å². The van der Waals surface area contributed by atoms with Crippen molar-refractivity contribution in [2.45, 2.75) is 19.9 Å². The Morgan fingerprint density at radius 2 is 1.93 bits per heavy atom. The second-order valence-electron chi connectivity index (χ2n) is 6.60. The lowest BCUT2D eigenvalue weighted by atomic mass is 10.0. The molecular weight excluding hydrogens is 497 g/mol. The maximum absolute atomic E-state index is 12.6. The molecule has 7 nitrogen and oxygen atoms in total. The Bertz CT molecular complexity index is 983. The number of phenols is 1. The molecule has 30 heavy (non-hydrogen) atoms. The van der Waals surface area contributed by atoms with Crippen LogP contribution in [0.25, 0.3) is 0 Å². The van der Waals surface area contributed by atoms with E-state index in [4.69, 9.17) is 27.9 Å². The molecule has 2 rings (SSSR count). The van der Waals surface area contributed by atoms with Crippen molar-refractivity contribution in [3.05, 3.63) is 56.0 Å². The molecule has 2 amide bonds. The van der Waals surface area contributed by atoms with Crippen LogP contribution < -0.4 is 15.5 Å². The van der Waals surface area contributed by atoms with Gasteiger partial charge >= 0.3 is 0 Å². The van der Waals surface area contributed by atoms with Gasteiger partial charge in [-0.15, -0.1) is 0 Å². The van der Waals surface area contributed by atoms with E-state index in [1.807, 2.05) is 0 Å². The Kier molecular flexibility index (Phi) is 8.52. The second kappa shape index (κ2) is 10.7. The summed E-state index contributed by atoms with van der Waals surface area (Å²) in [6, 6.07) is 6.81. The number of hydrazone groups is 1. The van der Waals surface area contributed by atoms with Crippen molar-refractivity contribution in [1.29, 1.82) is 0 Å². The van der Waals surface area contributed by atoms with E-state index in [1.165, 1.54) is 31.5 Å². The van der Waals surface area contributed by atoms with Gasteiger partial charge in [0.2, 0.25) is 0 Å². The Balaban J connectivity index is 2.12. The summed E-state index contributed by atoms with van der Waals surface area (Å²) < 4.78 is 5.73. The molecule has 3 N–H and O–H groups in total. The zero-order valence-corrected chi connectivity index (χ0v) is 19.5. The number of carbonyl (C=O) groups excluding carboxylic acids is 2. The number of halogens is 3. The number of phenolic OH excluding ortho intramolecular Hbond substituents is 1. The molecule has 0 aliphatic carbocycles. The third kappa shape index (κ3) is 6.10. The van der Waals surface area contributed by atoms with Crippen LogP contribution in [0.5, 0.6) is 11.5 Å². The highest BCUT2D eigenvalue weighted by Crippen LogP contribution is 2.32. The highest BCUT2D eigenvalue weighted by atomic mass is 79.9. The summed E-state index contributed by atoms with van der Waals surface area (Å²) in [5, 5.41) is 17.2. The SMILES string of the molecule is COc1cc(Br)cc(/C=N/NC(=O)C(NC(=O)c2ccc(Cl)cc2Cl)C(C)C)c1O. The van der Waals surface area contributed by atoms with Gasteiger partial charge in [0, 0.05) is 15.1 Å². The smallest absolute Gasteiger partial charge is 0.262 e. The van der Waals surface area contributed by atoms with Crippen LogP contribution >= 0.6 is 39.1 Å². The molecule has 2 aromatic rings. The minimum Gasteiger partial charge on any atom is -0.504 e. The third-order valence-corrected chi connectivity index (χ3v) is 5.08. The van der Waals surface area contributed by atoms with Crippen LogP contribution in [0.2, 0.25) is 10.0 Å². The van der Waals surface area contributed by atoms with Gasteiger partial charge in [-0.25, -0.2) is 5.43 Å². The summed E-state index contributed by atoms with van der Waals surface area (Å²) >= 11 is 15.2. The number of carbonyl (C=O) groups is 2. The fourth-order valence-corrected chi connectivity index (χ4v) is 3.46. The van der Waals surface area contributed by atoms with Gasteiger partial charge < -0.3 is 15.2 Å². The van der Waals surface area contributed by atoms with Crippen LogP contribution in [0.3, 0.4) is 0 Å². The summed E-state index contributed by atoms with van der Waals surface area (Å²) in [4.78, 5) is 25.1. The Morgan fingerprint density at radius 3 is 2.53 bits per heavy atom. The molecule has 0 aromatic heterocycles. The molecule has 2 aromatic carbocycles. The topological polar surface area (TPSA) is 100 Å². The Labute approximate surface area is 192 Å². The zero-order chi connectivity index (χ0) is 22.4. The van der Waals surface area contributed by atoms with Crippen molar-refractivity contribution in [1.82, 2.24) is 10.7 Å². The summed E-state index contributed by atoms with van der Waals surface area (Å²) in [5.41, 5.74) is 2.91. The van der Waals surface area contributed by atoms with E-state index < -0.39 is 17.9 Å². The van der Waals surface area contributed by atoms with Crippen molar-refractivity contribution < 1.29 is 19.4 Å². The van der Waals surface area contributed by atoms with Gasteiger partial charge in [-0.2, -0.15) is 5.10 Å². The molecule has 10 heteroatoms. The molecule has 0 aliphatic rings. The van der Waals surface area contributed by atoms with Crippen molar-refractivity contribution in [3.8, 4) is 11.5 Å². The van der Waals surface area contributed by atoms with Gasteiger partial charge in [-0.3, -0.25) is 9.59 Å². The largest absolute Gasteiger partial charge is 0.504 e. The molecule has 1 atom stereocenters. The predicted molar refractivity (Wildman–Crippen MR) is 121 cm³/mol. The van der Waals surface area contributed by atoms with Crippen molar-refractivity contribution in [3.63, 3.8) is 0 Å². The Hall–Kier alpha value is -2.29. The number of aromatic hydroxyl groups is 1. The average molecular weight is 517 g/mol. The summed E-state index contributed by atoms with van der Waals surface area (Å²) in [6.45, 7) is 3.56. The standard InChI is InChI=1S/C20H20BrCl2N3O4/c1-10(2)17(25-19(28)14-5-4-13(22)8-15(14)23)20(29)26-24-9-11-6-12(21)7-16(30-3)18(11)27/h4-10,17,27H,1-3H3,(H,25,28)(H,26,29)/b24-9+. The van der Waals surface area contributed by atoms with Crippen molar-refractivity contribution in [2.24, 2.45) is 11.0 Å². The zero-order valence-electron chi connectivity index (χ0n) is 16.4. The number of ether oxygens (including phenoxy) is 1. The molecule has 0 saturated heterocycles.